The summed E-state index contributed by atoms with van der Waals surface area (Å²) < 4.78 is 51.9. The number of hydrogen-bond donors (Lipinski definition) is 1. The third kappa shape index (κ3) is 3.26. The lowest BCUT2D eigenvalue weighted by atomic mass is 10.2. The van der Waals surface area contributed by atoms with E-state index in [2.05, 4.69) is 5.10 Å². The minimum absolute atomic E-state index is 0.0151. The molecule has 4 nitrogen and oxygen atoms in total. The lowest BCUT2D eigenvalue weighted by Gasteiger charge is -2.09. The van der Waals surface area contributed by atoms with E-state index in [1.807, 2.05) is 0 Å². The van der Waals surface area contributed by atoms with E-state index in [9.17, 15) is 22.4 Å². The second kappa shape index (κ2) is 5.78. The Balaban J connectivity index is 2.28. The zero-order chi connectivity index (χ0) is 16.5. The molecule has 0 aliphatic carbocycles. The summed E-state index contributed by atoms with van der Waals surface area (Å²) in [5.74, 6) is -2.50. The summed E-state index contributed by atoms with van der Waals surface area (Å²) in [6.45, 7) is 3.03. The van der Waals surface area contributed by atoms with Gasteiger partial charge in [-0.15, -0.1) is 0 Å². The van der Waals surface area contributed by atoms with Crippen LogP contribution < -0.4 is 5.32 Å². The zero-order valence-electron chi connectivity index (χ0n) is 11.8. The van der Waals surface area contributed by atoms with Crippen LogP contribution in [0.4, 0.5) is 23.2 Å². The van der Waals surface area contributed by atoms with Crippen LogP contribution >= 0.6 is 0 Å². The van der Waals surface area contributed by atoms with Crippen molar-refractivity contribution in [2.75, 3.05) is 5.32 Å². The van der Waals surface area contributed by atoms with Gasteiger partial charge < -0.3 is 5.32 Å². The van der Waals surface area contributed by atoms with Crippen LogP contribution in [0.3, 0.4) is 0 Å². The van der Waals surface area contributed by atoms with Gasteiger partial charge in [0.1, 0.15) is 5.82 Å². The predicted molar refractivity (Wildman–Crippen MR) is 71.9 cm³/mol. The van der Waals surface area contributed by atoms with Crippen molar-refractivity contribution in [3.63, 3.8) is 0 Å². The maximum Gasteiger partial charge on any atom is 0.471 e. The van der Waals surface area contributed by atoms with Gasteiger partial charge >= 0.3 is 12.1 Å². The van der Waals surface area contributed by atoms with E-state index in [-0.39, 0.29) is 17.9 Å². The number of carbonyl (C=O) groups is 1. The Morgan fingerprint density at radius 2 is 1.91 bits per heavy atom. The Morgan fingerprint density at radius 1 is 1.27 bits per heavy atom. The number of carbonyl (C=O) groups excluding carboxylic acids is 1. The average molecular weight is 315 g/mol. The van der Waals surface area contributed by atoms with Gasteiger partial charge in [0.25, 0.3) is 0 Å². The monoisotopic (exact) mass is 315 g/mol. The van der Waals surface area contributed by atoms with E-state index in [1.165, 1.54) is 30.7 Å². The number of nitrogens with one attached hydrogen (secondary N) is 1. The first-order valence-electron chi connectivity index (χ1n) is 6.35. The SMILES string of the molecule is Cc1nn(Cc2ccccc2F)c(C)c1NC(=O)C(F)(F)F. The molecule has 0 atom stereocenters. The molecule has 1 aromatic heterocycles. The first-order chi connectivity index (χ1) is 10.2. The minimum Gasteiger partial charge on any atom is -0.315 e. The molecule has 0 aliphatic heterocycles. The molecule has 2 rings (SSSR count). The van der Waals surface area contributed by atoms with Gasteiger partial charge in [0, 0.05) is 5.56 Å². The van der Waals surface area contributed by atoms with E-state index >= 15 is 0 Å². The minimum atomic E-state index is -4.98. The standard InChI is InChI=1S/C14H13F4N3O/c1-8-12(19-13(22)14(16,17)18)9(2)21(20-8)7-10-5-3-4-6-11(10)15/h3-6H,7H2,1-2H3,(H,19,22). The zero-order valence-corrected chi connectivity index (χ0v) is 11.8. The van der Waals surface area contributed by atoms with E-state index in [0.717, 1.165) is 0 Å². The van der Waals surface area contributed by atoms with Gasteiger partial charge in [-0.25, -0.2) is 4.39 Å². The fourth-order valence-electron chi connectivity index (χ4n) is 2.00. The summed E-state index contributed by atoms with van der Waals surface area (Å²) in [5, 5.41) is 5.85. The number of alkyl halides is 3. The lowest BCUT2D eigenvalue weighted by Crippen LogP contribution is -2.30. The Labute approximate surface area is 123 Å². The molecule has 1 aromatic carbocycles. The summed E-state index contributed by atoms with van der Waals surface area (Å²) in [6.07, 6.45) is -4.98. The van der Waals surface area contributed by atoms with Crippen molar-refractivity contribution in [1.82, 2.24) is 9.78 Å². The fourth-order valence-corrected chi connectivity index (χ4v) is 2.00. The van der Waals surface area contributed by atoms with Crippen LogP contribution in [0.15, 0.2) is 24.3 Å². The highest BCUT2D eigenvalue weighted by atomic mass is 19.4. The molecule has 1 N–H and O–H groups in total. The molecule has 1 heterocycles. The van der Waals surface area contributed by atoms with Crippen molar-refractivity contribution < 1.29 is 22.4 Å². The van der Waals surface area contributed by atoms with Gasteiger partial charge in [-0.05, 0) is 19.9 Å². The summed E-state index contributed by atoms with van der Waals surface area (Å²) in [4.78, 5) is 11.0. The van der Waals surface area contributed by atoms with Gasteiger partial charge in [-0.3, -0.25) is 9.48 Å². The molecule has 118 valence electrons. The second-order valence-electron chi connectivity index (χ2n) is 4.75. The molecule has 0 bridgehead atoms. The molecule has 0 aliphatic rings. The maximum absolute atomic E-state index is 13.6. The number of aryl methyl sites for hydroxylation is 1. The number of rotatable bonds is 3. The number of aromatic nitrogens is 2. The number of hydrogen-bond acceptors (Lipinski definition) is 2. The van der Waals surface area contributed by atoms with Crippen LogP contribution in [-0.2, 0) is 11.3 Å². The first-order valence-corrected chi connectivity index (χ1v) is 6.35. The summed E-state index contributed by atoms with van der Waals surface area (Å²) >= 11 is 0. The van der Waals surface area contributed by atoms with Gasteiger partial charge in [-0.1, -0.05) is 18.2 Å². The Kier molecular flexibility index (Phi) is 4.20. The number of benzene rings is 1. The van der Waals surface area contributed by atoms with Crippen molar-refractivity contribution in [2.45, 2.75) is 26.6 Å². The van der Waals surface area contributed by atoms with Gasteiger partial charge in [0.2, 0.25) is 0 Å². The van der Waals surface area contributed by atoms with Crippen LogP contribution in [-0.4, -0.2) is 21.9 Å². The van der Waals surface area contributed by atoms with E-state index in [4.69, 9.17) is 0 Å². The normalized spacial score (nSPS) is 11.5. The first kappa shape index (κ1) is 16.0. The summed E-state index contributed by atoms with van der Waals surface area (Å²) in [7, 11) is 0. The van der Waals surface area contributed by atoms with Crippen LogP contribution in [0, 0.1) is 19.7 Å². The number of halogens is 4. The summed E-state index contributed by atoms with van der Waals surface area (Å²) in [6, 6.07) is 6.03. The molecular weight excluding hydrogens is 302 g/mol. The van der Waals surface area contributed by atoms with E-state index < -0.39 is 17.9 Å². The molecule has 0 unspecified atom stereocenters. The molecule has 0 saturated heterocycles. The third-order valence-electron chi connectivity index (χ3n) is 3.16. The quantitative estimate of drug-likeness (QED) is 0.884. The second-order valence-corrected chi connectivity index (χ2v) is 4.75. The van der Waals surface area contributed by atoms with Gasteiger partial charge in [0.05, 0.1) is 23.6 Å². The van der Waals surface area contributed by atoms with E-state index in [0.29, 0.717) is 11.3 Å². The van der Waals surface area contributed by atoms with Crippen molar-refractivity contribution in [3.8, 4) is 0 Å². The van der Waals surface area contributed by atoms with Crippen molar-refractivity contribution in [2.24, 2.45) is 0 Å². The van der Waals surface area contributed by atoms with Crippen molar-refractivity contribution in [1.29, 1.82) is 0 Å². The molecule has 22 heavy (non-hydrogen) atoms. The van der Waals surface area contributed by atoms with Gasteiger partial charge in [-0.2, -0.15) is 18.3 Å². The van der Waals surface area contributed by atoms with E-state index in [1.54, 1.807) is 17.4 Å². The number of amides is 1. The third-order valence-corrected chi connectivity index (χ3v) is 3.16. The highest BCUT2D eigenvalue weighted by molar-refractivity contribution is 5.95. The molecular formula is C14H13F4N3O. The molecule has 0 radical (unpaired) electrons. The molecule has 0 fully saturated rings. The van der Waals surface area contributed by atoms with Gasteiger partial charge in [0.15, 0.2) is 0 Å². The molecule has 2 aromatic rings. The summed E-state index contributed by atoms with van der Waals surface area (Å²) in [5.41, 5.74) is 0.880. The highest BCUT2D eigenvalue weighted by Gasteiger charge is 2.39. The largest absolute Gasteiger partial charge is 0.471 e. The van der Waals surface area contributed by atoms with Crippen molar-refractivity contribution >= 4 is 11.6 Å². The van der Waals surface area contributed by atoms with Crippen LogP contribution in [0.1, 0.15) is 17.0 Å². The Bertz CT molecular complexity index is 707. The highest BCUT2D eigenvalue weighted by Crippen LogP contribution is 2.24. The average Bonchev–Trinajstić information content (AvgIpc) is 2.68. The predicted octanol–water partition coefficient (Wildman–Crippen LogP) is 3.19. The molecule has 0 saturated carbocycles. The fraction of sp³-hybridized carbons (Fsp3) is 0.286. The topological polar surface area (TPSA) is 46.9 Å². The lowest BCUT2D eigenvalue weighted by molar-refractivity contribution is -0.167. The Morgan fingerprint density at radius 3 is 2.50 bits per heavy atom. The number of nitrogens with zero attached hydrogens (tertiary/aromatic N) is 2. The molecule has 0 spiro atoms. The van der Waals surface area contributed by atoms with Crippen LogP contribution in [0.5, 0.6) is 0 Å². The smallest absolute Gasteiger partial charge is 0.315 e. The van der Waals surface area contributed by atoms with Crippen LogP contribution in [0.25, 0.3) is 0 Å². The number of anilines is 1. The maximum atomic E-state index is 13.6. The molecule has 1 amide bonds. The Hall–Kier alpha value is -2.38. The molecule has 8 heteroatoms. The van der Waals surface area contributed by atoms with Crippen LogP contribution in [0.2, 0.25) is 0 Å². The van der Waals surface area contributed by atoms with Crippen molar-refractivity contribution in [3.05, 3.63) is 47.0 Å².